The number of benzene rings is 1. The fraction of sp³-hybridized carbons (Fsp3) is 0.444. The highest BCUT2D eigenvalue weighted by molar-refractivity contribution is 5.76. The van der Waals surface area contributed by atoms with Gasteiger partial charge in [0, 0.05) is 31.7 Å². The monoisotopic (exact) mass is 315 g/mol. The number of carbonyl (C=O) groups excluding carboxylic acids is 1. The van der Waals surface area contributed by atoms with Crippen LogP contribution < -0.4 is 0 Å². The van der Waals surface area contributed by atoms with Crippen LogP contribution in [0.15, 0.2) is 36.7 Å². The number of amides is 1. The van der Waals surface area contributed by atoms with E-state index in [4.69, 9.17) is 0 Å². The van der Waals surface area contributed by atoms with Crippen LogP contribution in [0.2, 0.25) is 0 Å². The lowest BCUT2D eigenvalue weighted by Gasteiger charge is -2.25. The molecule has 1 fully saturated rings. The van der Waals surface area contributed by atoms with Gasteiger partial charge in [0.05, 0.1) is 6.20 Å². The second kappa shape index (κ2) is 6.94. The summed E-state index contributed by atoms with van der Waals surface area (Å²) >= 11 is 0. The standard InChI is InChI=1S/C18H22FN3O/c1-14-12-20-21(13-14)9-7-18(23)22-8-3-6-17(22)11-15-4-2-5-16(19)10-15/h2,4-5,10,12-13,17H,3,6-9,11H2,1H3/t17-/m0/s1. The molecule has 1 aliphatic rings. The Morgan fingerprint density at radius 3 is 3.04 bits per heavy atom. The van der Waals surface area contributed by atoms with Gasteiger partial charge in [0.1, 0.15) is 5.82 Å². The highest BCUT2D eigenvalue weighted by Gasteiger charge is 2.28. The zero-order chi connectivity index (χ0) is 16.2. The summed E-state index contributed by atoms with van der Waals surface area (Å²) in [7, 11) is 0. The van der Waals surface area contributed by atoms with Gasteiger partial charge in [0.15, 0.2) is 0 Å². The predicted molar refractivity (Wildman–Crippen MR) is 86.4 cm³/mol. The van der Waals surface area contributed by atoms with Gasteiger partial charge in [-0.3, -0.25) is 9.48 Å². The number of carbonyl (C=O) groups is 1. The molecule has 5 heteroatoms. The first kappa shape index (κ1) is 15.7. The molecule has 0 aliphatic carbocycles. The molecule has 2 heterocycles. The second-order valence-corrected chi connectivity index (χ2v) is 6.25. The Kier molecular flexibility index (Phi) is 4.74. The summed E-state index contributed by atoms with van der Waals surface area (Å²) in [5, 5.41) is 4.22. The lowest BCUT2D eigenvalue weighted by Crippen LogP contribution is -2.37. The highest BCUT2D eigenvalue weighted by atomic mass is 19.1. The van der Waals surface area contributed by atoms with E-state index in [2.05, 4.69) is 5.10 Å². The predicted octanol–water partition coefficient (Wildman–Crippen LogP) is 2.95. The number of rotatable bonds is 5. The first-order valence-electron chi connectivity index (χ1n) is 8.15. The molecule has 1 aromatic heterocycles. The van der Waals surface area contributed by atoms with Crippen LogP contribution in [-0.2, 0) is 17.8 Å². The van der Waals surface area contributed by atoms with Crippen molar-refractivity contribution in [3.8, 4) is 0 Å². The van der Waals surface area contributed by atoms with Gasteiger partial charge in [-0.15, -0.1) is 0 Å². The van der Waals surface area contributed by atoms with Crippen LogP contribution in [0.4, 0.5) is 4.39 Å². The maximum atomic E-state index is 13.3. The topological polar surface area (TPSA) is 38.1 Å². The normalized spacial score (nSPS) is 17.7. The van der Waals surface area contributed by atoms with E-state index in [1.807, 2.05) is 28.8 Å². The van der Waals surface area contributed by atoms with E-state index >= 15 is 0 Å². The molecular formula is C18H22FN3O. The van der Waals surface area contributed by atoms with Crippen LogP contribution in [0.3, 0.4) is 0 Å². The molecule has 0 unspecified atom stereocenters. The van der Waals surface area contributed by atoms with Gasteiger partial charge in [0.25, 0.3) is 0 Å². The third kappa shape index (κ3) is 3.97. The van der Waals surface area contributed by atoms with Gasteiger partial charge in [-0.05, 0) is 49.4 Å². The number of hydrogen-bond donors (Lipinski definition) is 0. The van der Waals surface area contributed by atoms with Crippen molar-refractivity contribution in [1.29, 1.82) is 0 Å². The van der Waals surface area contributed by atoms with Crippen molar-refractivity contribution in [2.24, 2.45) is 0 Å². The van der Waals surface area contributed by atoms with Gasteiger partial charge in [0.2, 0.25) is 5.91 Å². The molecule has 1 aliphatic heterocycles. The van der Waals surface area contributed by atoms with Crippen LogP contribution in [0, 0.1) is 12.7 Å². The van der Waals surface area contributed by atoms with Crippen molar-refractivity contribution >= 4 is 5.91 Å². The third-order valence-electron chi connectivity index (χ3n) is 4.37. The number of likely N-dealkylation sites (tertiary alicyclic amines) is 1. The van der Waals surface area contributed by atoms with Crippen molar-refractivity contribution in [3.05, 3.63) is 53.6 Å². The molecule has 1 saturated heterocycles. The third-order valence-corrected chi connectivity index (χ3v) is 4.37. The molecule has 1 atom stereocenters. The zero-order valence-corrected chi connectivity index (χ0v) is 13.4. The van der Waals surface area contributed by atoms with Gasteiger partial charge < -0.3 is 4.90 Å². The van der Waals surface area contributed by atoms with Crippen LogP contribution in [0.5, 0.6) is 0 Å². The van der Waals surface area contributed by atoms with E-state index in [0.717, 1.165) is 36.9 Å². The molecule has 3 rings (SSSR count). The molecule has 0 spiro atoms. The Hall–Kier alpha value is -2.17. The minimum atomic E-state index is -0.215. The molecular weight excluding hydrogens is 293 g/mol. The maximum Gasteiger partial charge on any atom is 0.224 e. The quantitative estimate of drug-likeness (QED) is 0.851. The van der Waals surface area contributed by atoms with E-state index in [-0.39, 0.29) is 17.8 Å². The number of aryl methyl sites for hydroxylation is 2. The van der Waals surface area contributed by atoms with E-state index in [1.54, 1.807) is 18.3 Å². The minimum absolute atomic E-state index is 0.164. The van der Waals surface area contributed by atoms with E-state index in [1.165, 1.54) is 6.07 Å². The molecule has 122 valence electrons. The Bertz CT molecular complexity index is 682. The molecule has 0 radical (unpaired) electrons. The first-order valence-corrected chi connectivity index (χ1v) is 8.15. The lowest BCUT2D eigenvalue weighted by atomic mass is 10.0. The Labute approximate surface area is 135 Å². The summed E-state index contributed by atoms with van der Waals surface area (Å²) in [6.45, 7) is 3.40. The Morgan fingerprint density at radius 2 is 2.30 bits per heavy atom. The van der Waals surface area contributed by atoms with Crippen LogP contribution in [0.1, 0.15) is 30.4 Å². The molecule has 23 heavy (non-hydrogen) atoms. The van der Waals surface area contributed by atoms with Gasteiger partial charge in [-0.25, -0.2) is 4.39 Å². The SMILES string of the molecule is Cc1cnn(CCC(=O)N2CCC[C@H]2Cc2cccc(F)c2)c1. The van der Waals surface area contributed by atoms with Crippen LogP contribution in [-0.4, -0.2) is 33.2 Å². The van der Waals surface area contributed by atoms with Crippen molar-refractivity contribution in [1.82, 2.24) is 14.7 Å². The van der Waals surface area contributed by atoms with Gasteiger partial charge in [-0.2, -0.15) is 5.10 Å². The summed E-state index contributed by atoms with van der Waals surface area (Å²) in [6, 6.07) is 6.85. The van der Waals surface area contributed by atoms with Gasteiger partial charge in [-0.1, -0.05) is 12.1 Å². The molecule has 2 aromatic rings. The largest absolute Gasteiger partial charge is 0.339 e. The average Bonchev–Trinajstić information content (AvgIpc) is 3.14. The average molecular weight is 315 g/mol. The number of nitrogens with zero attached hydrogens (tertiary/aromatic N) is 3. The highest BCUT2D eigenvalue weighted by Crippen LogP contribution is 2.22. The summed E-state index contributed by atoms with van der Waals surface area (Å²) in [4.78, 5) is 14.5. The number of halogens is 1. The smallest absolute Gasteiger partial charge is 0.224 e. The molecule has 0 saturated carbocycles. The lowest BCUT2D eigenvalue weighted by molar-refractivity contribution is -0.132. The fourth-order valence-corrected chi connectivity index (χ4v) is 3.26. The van der Waals surface area contributed by atoms with Crippen LogP contribution in [0.25, 0.3) is 0 Å². The summed E-state index contributed by atoms with van der Waals surface area (Å²) in [6.07, 6.45) is 6.94. The second-order valence-electron chi connectivity index (χ2n) is 6.25. The molecule has 0 bridgehead atoms. The molecule has 4 nitrogen and oxygen atoms in total. The first-order chi connectivity index (χ1) is 11.1. The van der Waals surface area contributed by atoms with E-state index in [9.17, 15) is 9.18 Å². The maximum absolute atomic E-state index is 13.3. The number of aromatic nitrogens is 2. The van der Waals surface area contributed by atoms with E-state index in [0.29, 0.717) is 13.0 Å². The Balaban J connectivity index is 1.58. The molecule has 0 N–H and O–H groups in total. The van der Waals surface area contributed by atoms with Crippen molar-refractivity contribution in [2.45, 2.75) is 45.2 Å². The Morgan fingerprint density at radius 1 is 1.43 bits per heavy atom. The number of hydrogen-bond acceptors (Lipinski definition) is 2. The summed E-state index contributed by atoms with van der Waals surface area (Å²) in [5.41, 5.74) is 2.06. The zero-order valence-electron chi connectivity index (χ0n) is 13.4. The van der Waals surface area contributed by atoms with Crippen molar-refractivity contribution in [3.63, 3.8) is 0 Å². The molecule has 1 aromatic carbocycles. The van der Waals surface area contributed by atoms with Crippen molar-refractivity contribution < 1.29 is 9.18 Å². The van der Waals surface area contributed by atoms with Crippen molar-refractivity contribution in [2.75, 3.05) is 6.54 Å². The summed E-state index contributed by atoms with van der Waals surface area (Å²) in [5.74, 6) is -0.0514. The fourth-order valence-electron chi connectivity index (χ4n) is 3.26. The minimum Gasteiger partial charge on any atom is -0.339 e. The van der Waals surface area contributed by atoms with E-state index < -0.39 is 0 Å². The van der Waals surface area contributed by atoms with Crippen LogP contribution >= 0.6 is 0 Å². The molecule has 1 amide bonds. The summed E-state index contributed by atoms with van der Waals surface area (Å²) < 4.78 is 15.1. The van der Waals surface area contributed by atoms with Gasteiger partial charge >= 0.3 is 0 Å².